The van der Waals surface area contributed by atoms with Crippen molar-refractivity contribution in [2.45, 2.75) is 32.6 Å². The van der Waals surface area contributed by atoms with Gasteiger partial charge in [-0.3, -0.25) is 14.9 Å². The minimum Gasteiger partial charge on any atom is -0.450 e. The van der Waals surface area contributed by atoms with Gasteiger partial charge in [0.05, 0.1) is 11.5 Å². The molecule has 1 rings (SSSR count). The first-order valence-corrected chi connectivity index (χ1v) is 8.18. The lowest BCUT2D eigenvalue weighted by atomic mass is 10.1. The highest BCUT2D eigenvalue weighted by molar-refractivity contribution is 5.94. The van der Waals surface area contributed by atoms with Gasteiger partial charge in [-0.1, -0.05) is 13.3 Å². The quantitative estimate of drug-likeness (QED) is 0.318. The molecule has 0 spiro atoms. The maximum Gasteiger partial charge on any atom is 0.407 e. The second-order valence-corrected chi connectivity index (χ2v) is 5.40. The van der Waals surface area contributed by atoms with E-state index in [0.717, 1.165) is 18.9 Å². The number of hydrogen-bond donors (Lipinski definition) is 3. The van der Waals surface area contributed by atoms with E-state index in [1.54, 1.807) is 0 Å². The number of amides is 2. The van der Waals surface area contributed by atoms with Gasteiger partial charge in [0.25, 0.3) is 5.69 Å². The first-order chi connectivity index (χ1) is 12.0. The Balaban J connectivity index is 2.33. The topological polar surface area (TPSA) is 137 Å². The molecule has 0 fully saturated rings. The van der Waals surface area contributed by atoms with Crippen LogP contribution in [0.2, 0.25) is 0 Å². The van der Waals surface area contributed by atoms with Crippen LogP contribution in [0.15, 0.2) is 18.2 Å². The average Bonchev–Trinajstić information content (AvgIpc) is 2.57. The number of nitrogens with two attached hydrogens (primary N) is 1. The molecule has 2 amide bonds. The second kappa shape index (κ2) is 10.8. The molecule has 0 aliphatic heterocycles. The molecule has 0 aliphatic rings. The van der Waals surface area contributed by atoms with Gasteiger partial charge in [-0.25, -0.2) is 4.79 Å². The van der Waals surface area contributed by atoms with Crippen molar-refractivity contribution in [1.29, 1.82) is 0 Å². The predicted octanol–water partition coefficient (Wildman–Crippen LogP) is 2.41. The summed E-state index contributed by atoms with van der Waals surface area (Å²) < 4.78 is 4.95. The van der Waals surface area contributed by atoms with Crippen LogP contribution in [-0.2, 0) is 4.74 Å². The van der Waals surface area contributed by atoms with Crippen LogP contribution in [0.5, 0.6) is 0 Å². The summed E-state index contributed by atoms with van der Waals surface area (Å²) in [5.74, 6) is -0.716. The highest BCUT2D eigenvalue weighted by Crippen LogP contribution is 2.25. The highest BCUT2D eigenvalue weighted by Gasteiger charge is 2.16. The highest BCUT2D eigenvalue weighted by atomic mass is 16.6. The molecule has 9 heteroatoms. The van der Waals surface area contributed by atoms with Crippen LogP contribution in [0.25, 0.3) is 0 Å². The Bertz CT molecular complexity index is 606. The number of nitrogens with one attached hydrogen (secondary N) is 2. The van der Waals surface area contributed by atoms with Crippen molar-refractivity contribution in [2.75, 3.05) is 25.0 Å². The van der Waals surface area contributed by atoms with E-state index < -0.39 is 16.9 Å². The molecule has 0 aliphatic carbocycles. The van der Waals surface area contributed by atoms with Gasteiger partial charge in [0.1, 0.15) is 5.69 Å². The van der Waals surface area contributed by atoms with E-state index >= 15 is 0 Å². The second-order valence-electron chi connectivity index (χ2n) is 5.40. The number of alkyl carbamates (subject to hydrolysis) is 1. The van der Waals surface area contributed by atoms with Crippen LogP contribution in [-0.4, -0.2) is 36.6 Å². The smallest absolute Gasteiger partial charge is 0.407 e. The summed E-state index contributed by atoms with van der Waals surface area (Å²) in [6.45, 7) is 3.38. The molecule has 0 heterocycles. The van der Waals surface area contributed by atoms with Crippen LogP contribution in [0.4, 0.5) is 16.2 Å². The summed E-state index contributed by atoms with van der Waals surface area (Å²) in [5.41, 5.74) is 5.33. The first kappa shape index (κ1) is 20.2. The van der Waals surface area contributed by atoms with Gasteiger partial charge in [-0.15, -0.1) is 0 Å². The molecule has 0 unspecified atom stereocenters. The minimum absolute atomic E-state index is 0.0861. The lowest BCUT2D eigenvalue weighted by Gasteiger charge is -2.09. The Labute approximate surface area is 146 Å². The summed E-state index contributed by atoms with van der Waals surface area (Å²) in [6, 6.07) is 4.05. The molecule has 4 N–H and O–H groups in total. The molecule has 0 aromatic heterocycles. The van der Waals surface area contributed by atoms with E-state index in [0.29, 0.717) is 38.2 Å². The standard InChI is InChI=1S/C16H24N4O5/c1-2-3-10-25-16(22)19-9-5-4-8-18-13-7-6-12(15(17)21)11-14(13)20(23)24/h6-7,11,18H,2-5,8-10H2,1H3,(H2,17,21)(H,19,22). The average molecular weight is 352 g/mol. The van der Waals surface area contributed by atoms with Gasteiger partial charge in [0, 0.05) is 24.7 Å². The Kier molecular flexibility index (Phi) is 8.77. The van der Waals surface area contributed by atoms with Crippen molar-refractivity contribution in [3.63, 3.8) is 0 Å². The Morgan fingerprint density at radius 1 is 1.24 bits per heavy atom. The van der Waals surface area contributed by atoms with Gasteiger partial charge >= 0.3 is 6.09 Å². The first-order valence-electron chi connectivity index (χ1n) is 8.18. The molecule has 1 aromatic rings. The molecule has 25 heavy (non-hydrogen) atoms. The number of carbonyl (C=O) groups is 2. The monoisotopic (exact) mass is 352 g/mol. The number of nitro groups is 1. The van der Waals surface area contributed by atoms with Gasteiger partial charge in [-0.2, -0.15) is 0 Å². The number of unbranched alkanes of at least 4 members (excludes halogenated alkanes) is 2. The maximum absolute atomic E-state index is 11.3. The van der Waals surface area contributed by atoms with Crippen LogP contribution in [0.1, 0.15) is 43.0 Å². The van der Waals surface area contributed by atoms with Crippen molar-refractivity contribution >= 4 is 23.4 Å². The molecule has 0 radical (unpaired) electrons. The third-order valence-corrected chi connectivity index (χ3v) is 3.40. The van der Waals surface area contributed by atoms with E-state index in [-0.39, 0.29) is 11.3 Å². The van der Waals surface area contributed by atoms with Crippen LogP contribution >= 0.6 is 0 Å². The van der Waals surface area contributed by atoms with Crippen LogP contribution < -0.4 is 16.4 Å². The fraction of sp³-hybridized carbons (Fsp3) is 0.500. The zero-order chi connectivity index (χ0) is 18.7. The number of benzene rings is 1. The zero-order valence-electron chi connectivity index (χ0n) is 14.2. The van der Waals surface area contributed by atoms with Crippen molar-refractivity contribution in [3.8, 4) is 0 Å². The third-order valence-electron chi connectivity index (χ3n) is 3.40. The Morgan fingerprint density at radius 2 is 1.96 bits per heavy atom. The number of nitro benzene ring substituents is 1. The molecule has 0 bridgehead atoms. The van der Waals surface area contributed by atoms with E-state index in [1.165, 1.54) is 12.1 Å². The lowest BCUT2D eigenvalue weighted by molar-refractivity contribution is -0.384. The van der Waals surface area contributed by atoms with Crippen molar-refractivity contribution in [3.05, 3.63) is 33.9 Å². The summed E-state index contributed by atoms with van der Waals surface area (Å²) >= 11 is 0. The van der Waals surface area contributed by atoms with Crippen molar-refractivity contribution < 1.29 is 19.2 Å². The largest absolute Gasteiger partial charge is 0.450 e. The Morgan fingerprint density at radius 3 is 2.60 bits per heavy atom. The molecule has 0 saturated heterocycles. The summed E-state index contributed by atoms with van der Waals surface area (Å²) in [7, 11) is 0. The maximum atomic E-state index is 11.3. The van der Waals surface area contributed by atoms with Crippen LogP contribution in [0, 0.1) is 10.1 Å². The number of hydrogen-bond acceptors (Lipinski definition) is 6. The van der Waals surface area contributed by atoms with Gasteiger partial charge in [-0.05, 0) is 31.4 Å². The third kappa shape index (κ3) is 7.51. The molecule has 138 valence electrons. The summed E-state index contributed by atoms with van der Waals surface area (Å²) in [5, 5.41) is 16.7. The van der Waals surface area contributed by atoms with Gasteiger partial charge < -0.3 is 21.1 Å². The summed E-state index contributed by atoms with van der Waals surface area (Å²) in [6.07, 6.45) is 2.77. The number of rotatable bonds is 11. The predicted molar refractivity (Wildman–Crippen MR) is 93.6 cm³/mol. The van der Waals surface area contributed by atoms with Crippen molar-refractivity contribution in [1.82, 2.24) is 5.32 Å². The van der Waals surface area contributed by atoms with Crippen molar-refractivity contribution in [2.24, 2.45) is 5.73 Å². The van der Waals surface area contributed by atoms with Gasteiger partial charge in [0.2, 0.25) is 5.91 Å². The number of anilines is 1. The normalized spacial score (nSPS) is 10.1. The molecular formula is C16H24N4O5. The number of carbonyl (C=O) groups excluding carboxylic acids is 2. The molecule has 1 aromatic carbocycles. The van der Waals surface area contributed by atoms with E-state index in [9.17, 15) is 19.7 Å². The fourth-order valence-corrected chi connectivity index (χ4v) is 2.01. The number of nitrogens with zero attached hydrogens (tertiary/aromatic N) is 1. The minimum atomic E-state index is -0.716. The molecule has 9 nitrogen and oxygen atoms in total. The number of ether oxygens (including phenoxy) is 1. The number of primary amides is 1. The molecule has 0 atom stereocenters. The lowest BCUT2D eigenvalue weighted by Crippen LogP contribution is -2.26. The zero-order valence-corrected chi connectivity index (χ0v) is 14.2. The van der Waals surface area contributed by atoms with E-state index in [1.807, 2.05) is 6.92 Å². The molecular weight excluding hydrogens is 328 g/mol. The van der Waals surface area contributed by atoms with Gasteiger partial charge in [0.15, 0.2) is 0 Å². The van der Waals surface area contributed by atoms with Crippen LogP contribution in [0.3, 0.4) is 0 Å². The summed E-state index contributed by atoms with van der Waals surface area (Å²) in [4.78, 5) is 32.9. The SMILES string of the molecule is CCCCOC(=O)NCCCCNc1ccc(C(N)=O)cc1[N+](=O)[O-]. The van der Waals surface area contributed by atoms with E-state index in [2.05, 4.69) is 10.6 Å². The Hall–Kier alpha value is -2.84. The fourth-order valence-electron chi connectivity index (χ4n) is 2.01. The van der Waals surface area contributed by atoms with E-state index in [4.69, 9.17) is 10.5 Å². The molecule has 0 saturated carbocycles.